The number of aliphatic hydroxyl groups is 5. The zero-order chi connectivity index (χ0) is 66.5. The van der Waals surface area contributed by atoms with Crippen LogP contribution in [0, 0.1) is 0 Å². The van der Waals surface area contributed by atoms with Crippen LogP contribution in [0.4, 0.5) is 0 Å². The van der Waals surface area contributed by atoms with Gasteiger partial charge in [-0.2, -0.15) is 0 Å². The molecule has 0 aliphatic carbocycles. The van der Waals surface area contributed by atoms with Crippen molar-refractivity contribution >= 4 is 11.9 Å². The van der Waals surface area contributed by atoms with Gasteiger partial charge in [0, 0.05) is 12.8 Å². The number of unbranched alkanes of at least 4 members (excludes halogenated alkanes) is 51. The molecule has 0 aromatic rings. The minimum atomic E-state index is -1.57. The molecule has 1 fully saturated rings. The zero-order valence-corrected chi connectivity index (χ0v) is 60.3. The van der Waals surface area contributed by atoms with Gasteiger partial charge in [-0.15, -0.1) is 0 Å². The van der Waals surface area contributed by atoms with Gasteiger partial charge in [-0.3, -0.25) is 9.59 Å². The van der Waals surface area contributed by atoms with E-state index in [0.29, 0.717) is 19.4 Å². The van der Waals surface area contributed by atoms with Crippen molar-refractivity contribution in [2.24, 2.45) is 0 Å². The van der Waals surface area contributed by atoms with E-state index in [4.69, 9.17) is 14.2 Å². The number of nitrogens with one attached hydrogen (secondary N) is 1. The normalized spacial score (nSPS) is 17.8. The fourth-order valence-electron chi connectivity index (χ4n) is 12.6. The van der Waals surface area contributed by atoms with E-state index in [0.717, 1.165) is 64.2 Å². The predicted molar refractivity (Wildman–Crippen MR) is 389 cm³/mol. The van der Waals surface area contributed by atoms with Crippen LogP contribution >= 0.6 is 0 Å². The van der Waals surface area contributed by atoms with Gasteiger partial charge in [0.15, 0.2) is 6.29 Å². The van der Waals surface area contributed by atoms with Crippen molar-refractivity contribution in [2.75, 3.05) is 19.8 Å². The Balaban J connectivity index is 1.94. The molecule has 92 heavy (non-hydrogen) atoms. The van der Waals surface area contributed by atoms with Crippen molar-refractivity contribution in [1.82, 2.24) is 5.32 Å². The fourth-order valence-corrected chi connectivity index (χ4v) is 12.6. The standard InChI is InChI=1S/C81H151NO10/c1-3-5-7-9-11-13-15-17-41-44-47-51-55-59-63-67-74(84)73(72-91-81-80(89)79(88)78(87)75(71-83)92-81)82-76(85)68-64-60-56-52-48-45-42-39-37-35-33-31-29-27-25-23-21-19-18-20-22-24-26-28-30-32-34-36-38-40-43-46-50-54-58-62-66-70-90-77(86)69-65-61-57-53-49-16-14-12-10-8-6-4-2/h12,14,18,20,24,26,63,67,73-75,78-81,83-84,87-89H,3-11,13,15-17,19,21-23,25,27-62,64-66,68-72H2,1-2H3,(H,82,85)/b14-12-,20-18-,26-24-,67-63+. The van der Waals surface area contributed by atoms with E-state index in [-0.39, 0.29) is 18.5 Å². The van der Waals surface area contributed by atoms with Gasteiger partial charge in [-0.25, -0.2) is 0 Å². The molecule has 1 saturated heterocycles. The molecule has 0 bridgehead atoms. The van der Waals surface area contributed by atoms with Gasteiger partial charge in [-0.1, -0.05) is 339 Å². The van der Waals surface area contributed by atoms with E-state index in [1.807, 2.05) is 6.08 Å². The number of carbonyl (C=O) groups excluding carboxylic acids is 2. The minimum absolute atomic E-state index is 0.00274. The zero-order valence-electron chi connectivity index (χ0n) is 60.3. The summed E-state index contributed by atoms with van der Waals surface area (Å²) in [6.45, 7) is 4.37. The number of amides is 1. The number of hydrogen-bond donors (Lipinski definition) is 6. The first-order valence-electron chi connectivity index (χ1n) is 39.9. The lowest BCUT2D eigenvalue weighted by atomic mass is 9.99. The van der Waals surface area contributed by atoms with E-state index in [2.05, 4.69) is 55.6 Å². The number of ether oxygens (including phenoxy) is 3. The highest BCUT2D eigenvalue weighted by Gasteiger charge is 2.44. The Kier molecular flexibility index (Phi) is 66.6. The van der Waals surface area contributed by atoms with Gasteiger partial charge in [0.1, 0.15) is 24.4 Å². The van der Waals surface area contributed by atoms with Crippen LogP contribution in [0.25, 0.3) is 0 Å². The van der Waals surface area contributed by atoms with Crippen molar-refractivity contribution in [3.8, 4) is 0 Å². The highest BCUT2D eigenvalue weighted by molar-refractivity contribution is 5.76. The van der Waals surface area contributed by atoms with E-state index in [9.17, 15) is 35.1 Å². The monoisotopic (exact) mass is 1300 g/mol. The Morgan fingerprint density at radius 1 is 0.402 bits per heavy atom. The van der Waals surface area contributed by atoms with Crippen LogP contribution in [0.3, 0.4) is 0 Å². The summed E-state index contributed by atoms with van der Waals surface area (Å²) in [6.07, 6.45) is 82.7. The lowest BCUT2D eigenvalue weighted by molar-refractivity contribution is -0.302. The topological polar surface area (TPSA) is 175 Å². The quantitative estimate of drug-likeness (QED) is 0.0195. The Bertz CT molecular complexity index is 1670. The van der Waals surface area contributed by atoms with Crippen LogP contribution in [0.15, 0.2) is 48.6 Å². The number of hydrogen-bond acceptors (Lipinski definition) is 10. The van der Waals surface area contributed by atoms with Crippen LogP contribution < -0.4 is 5.32 Å². The molecule has 7 atom stereocenters. The molecule has 11 heteroatoms. The summed E-state index contributed by atoms with van der Waals surface area (Å²) in [7, 11) is 0. The van der Waals surface area contributed by atoms with Crippen molar-refractivity contribution in [3.05, 3.63) is 48.6 Å². The Labute approximate surface area is 567 Å². The number of allylic oxidation sites excluding steroid dienone is 7. The molecular formula is C81H151NO10. The van der Waals surface area contributed by atoms with Crippen LogP contribution in [-0.2, 0) is 23.8 Å². The molecular weight excluding hydrogens is 1150 g/mol. The lowest BCUT2D eigenvalue weighted by Crippen LogP contribution is -2.60. The summed E-state index contributed by atoms with van der Waals surface area (Å²) in [6, 6.07) is -0.809. The molecule has 0 aromatic heterocycles. The highest BCUT2D eigenvalue weighted by Crippen LogP contribution is 2.24. The molecule has 1 amide bonds. The number of aliphatic hydroxyl groups excluding tert-OH is 5. The second-order valence-electron chi connectivity index (χ2n) is 27.8. The van der Waals surface area contributed by atoms with Gasteiger partial charge in [0.2, 0.25) is 5.91 Å². The first-order chi connectivity index (χ1) is 45.2. The van der Waals surface area contributed by atoms with Crippen LogP contribution in [-0.4, -0.2) is 100 Å². The average Bonchev–Trinajstić information content (AvgIpc) is 0.995. The summed E-state index contributed by atoms with van der Waals surface area (Å²) in [5.74, 6) is -0.173. The Hall–Kier alpha value is -2.38. The Morgan fingerprint density at radius 2 is 0.728 bits per heavy atom. The molecule has 6 N–H and O–H groups in total. The number of esters is 1. The summed E-state index contributed by atoms with van der Waals surface area (Å²) in [5.41, 5.74) is 0. The van der Waals surface area contributed by atoms with Crippen molar-refractivity contribution in [2.45, 2.75) is 436 Å². The summed E-state index contributed by atoms with van der Waals surface area (Å²) in [4.78, 5) is 25.1. The molecule has 1 aliphatic heterocycles. The third-order valence-corrected chi connectivity index (χ3v) is 18.9. The van der Waals surface area contributed by atoms with Crippen LogP contribution in [0.1, 0.15) is 393 Å². The summed E-state index contributed by atoms with van der Waals surface area (Å²) < 4.78 is 16.8. The van der Waals surface area contributed by atoms with E-state index in [1.165, 1.54) is 302 Å². The van der Waals surface area contributed by atoms with E-state index in [1.54, 1.807) is 6.08 Å². The maximum absolute atomic E-state index is 13.1. The molecule has 1 heterocycles. The SMILES string of the molecule is CCCCC/C=C\CCCCCCCC(=O)OCCCCCCCCCCCCCCC/C=C\C/C=C\CCCCCCCCCCCCCCCCCCCC(=O)NC(COC1OC(CO)C(O)C(O)C1O)C(O)/C=C/CCCCCCCCCCCCCCC. The van der Waals surface area contributed by atoms with Gasteiger partial charge in [0.25, 0.3) is 0 Å². The largest absolute Gasteiger partial charge is 0.466 e. The van der Waals surface area contributed by atoms with Crippen LogP contribution in [0.5, 0.6) is 0 Å². The molecule has 0 aromatic carbocycles. The van der Waals surface area contributed by atoms with Crippen LogP contribution in [0.2, 0.25) is 0 Å². The van der Waals surface area contributed by atoms with E-state index >= 15 is 0 Å². The molecule has 7 unspecified atom stereocenters. The fraction of sp³-hybridized carbons (Fsp3) is 0.877. The van der Waals surface area contributed by atoms with Gasteiger partial charge in [-0.05, 0) is 89.9 Å². The molecule has 540 valence electrons. The summed E-state index contributed by atoms with van der Waals surface area (Å²) in [5, 5.41) is 54.7. The minimum Gasteiger partial charge on any atom is -0.466 e. The van der Waals surface area contributed by atoms with Gasteiger partial charge >= 0.3 is 5.97 Å². The molecule has 0 radical (unpaired) electrons. The van der Waals surface area contributed by atoms with E-state index < -0.39 is 49.5 Å². The molecule has 11 nitrogen and oxygen atoms in total. The molecule has 0 spiro atoms. The second kappa shape index (κ2) is 70.0. The van der Waals surface area contributed by atoms with Gasteiger partial charge in [0.05, 0.1) is 32.0 Å². The third kappa shape index (κ3) is 57.8. The van der Waals surface area contributed by atoms with Crippen molar-refractivity contribution in [1.29, 1.82) is 0 Å². The average molecular weight is 1300 g/mol. The van der Waals surface area contributed by atoms with Crippen molar-refractivity contribution < 1.29 is 49.3 Å². The first-order valence-corrected chi connectivity index (χ1v) is 39.9. The highest BCUT2D eigenvalue weighted by atomic mass is 16.7. The lowest BCUT2D eigenvalue weighted by Gasteiger charge is -2.40. The smallest absolute Gasteiger partial charge is 0.305 e. The number of carbonyl (C=O) groups is 2. The molecule has 0 saturated carbocycles. The maximum atomic E-state index is 13.1. The summed E-state index contributed by atoms with van der Waals surface area (Å²) >= 11 is 0. The maximum Gasteiger partial charge on any atom is 0.305 e. The second-order valence-corrected chi connectivity index (χ2v) is 27.8. The van der Waals surface area contributed by atoms with Gasteiger partial charge < -0.3 is 45.1 Å². The third-order valence-electron chi connectivity index (χ3n) is 18.9. The first kappa shape index (κ1) is 87.6. The predicted octanol–water partition coefficient (Wildman–Crippen LogP) is 21.5. The molecule has 1 rings (SSSR count). The number of rotatable bonds is 71. The van der Waals surface area contributed by atoms with Crippen molar-refractivity contribution in [3.63, 3.8) is 0 Å². The molecule has 1 aliphatic rings. The Morgan fingerprint density at radius 3 is 1.13 bits per heavy atom.